The fraction of sp³-hybridized carbons (Fsp3) is 0.333. The van der Waals surface area contributed by atoms with Crippen LogP contribution < -0.4 is 5.32 Å². The van der Waals surface area contributed by atoms with Crippen LogP contribution in [0.3, 0.4) is 0 Å². The highest BCUT2D eigenvalue weighted by molar-refractivity contribution is 5.76. The molecular formula is C24H23N5. The van der Waals surface area contributed by atoms with Gasteiger partial charge in [-0.3, -0.25) is 4.68 Å². The van der Waals surface area contributed by atoms with Crippen LogP contribution in [0.25, 0.3) is 0 Å². The molecule has 144 valence electrons. The Balaban J connectivity index is 1.29. The van der Waals surface area contributed by atoms with Crippen molar-refractivity contribution < 1.29 is 0 Å². The molecule has 0 radical (unpaired) electrons. The Bertz CT molecular complexity index is 1150. The Morgan fingerprint density at radius 2 is 2.07 bits per heavy atom. The molecule has 0 saturated carbocycles. The molecule has 0 aliphatic carbocycles. The second-order valence-electron chi connectivity index (χ2n) is 8.37. The molecule has 5 heterocycles. The lowest BCUT2D eigenvalue weighted by atomic mass is 9.82. The first-order chi connectivity index (χ1) is 14.3. The molecule has 2 unspecified atom stereocenters. The minimum Gasteiger partial charge on any atom is -0.345 e. The predicted octanol–water partition coefficient (Wildman–Crippen LogP) is 3.29. The lowest BCUT2D eigenvalue weighted by Gasteiger charge is -2.20. The summed E-state index contributed by atoms with van der Waals surface area (Å²) >= 11 is 0. The van der Waals surface area contributed by atoms with Crippen molar-refractivity contribution in [3.05, 3.63) is 70.7 Å². The van der Waals surface area contributed by atoms with E-state index in [0.29, 0.717) is 5.41 Å². The molecule has 3 aromatic rings. The van der Waals surface area contributed by atoms with Gasteiger partial charge in [-0.15, -0.1) is 0 Å². The standard InChI is InChI=1S/C24H23N5/c1-2-4-17(5-3-1)6-7-18-14-26-23-20(18)12-19(15-27-23)21-13-22-24(8-10-25-16-24)9-11-29(22)28-21/h1-5,13-15,19,25-26H,8-12,16H2. The lowest BCUT2D eigenvalue weighted by Crippen LogP contribution is -2.25. The van der Waals surface area contributed by atoms with Crippen molar-refractivity contribution in [2.45, 2.75) is 37.1 Å². The Hall–Kier alpha value is -3.10. The van der Waals surface area contributed by atoms with Gasteiger partial charge in [-0.2, -0.15) is 5.10 Å². The number of benzene rings is 1. The van der Waals surface area contributed by atoms with Gasteiger partial charge in [0.15, 0.2) is 0 Å². The summed E-state index contributed by atoms with van der Waals surface area (Å²) in [6, 6.07) is 12.4. The topological polar surface area (TPSA) is 58.0 Å². The van der Waals surface area contributed by atoms with Gasteiger partial charge in [0.1, 0.15) is 5.82 Å². The molecule has 3 aliphatic heterocycles. The number of fused-ring (bicyclic) bond motifs is 3. The van der Waals surface area contributed by atoms with Crippen molar-refractivity contribution in [1.82, 2.24) is 20.1 Å². The van der Waals surface area contributed by atoms with Gasteiger partial charge >= 0.3 is 0 Å². The van der Waals surface area contributed by atoms with Gasteiger partial charge in [0.05, 0.1) is 5.69 Å². The monoisotopic (exact) mass is 381 g/mol. The third kappa shape index (κ3) is 2.75. The number of hydrogen-bond acceptors (Lipinski definition) is 3. The van der Waals surface area contributed by atoms with E-state index in [1.165, 1.54) is 24.1 Å². The number of nitrogens with zero attached hydrogens (tertiary/aromatic N) is 3. The maximum atomic E-state index is 4.97. The van der Waals surface area contributed by atoms with Crippen molar-refractivity contribution in [2.75, 3.05) is 13.1 Å². The summed E-state index contributed by atoms with van der Waals surface area (Å²) in [7, 11) is 0. The highest BCUT2D eigenvalue weighted by atomic mass is 15.3. The van der Waals surface area contributed by atoms with Gasteiger partial charge in [0.2, 0.25) is 0 Å². The molecule has 5 nitrogen and oxygen atoms in total. The molecule has 2 N–H and O–H groups in total. The third-order valence-corrected chi connectivity index (χ3v) is 6.66. The minimum absolute atomic E-state index is 0.208. The predicted molar refractivity (Wildman–Crippen MR) is 114 cm³/mol. The number of H-pyrrole nitrogens is 1. The summed E-state index contributed by atoms with van der Waals surface area (Å²) in [5.41, 5.74) is 6.11. The van der Waals surface area contributed by atoms with Crippen LogP contribution in [-0.2, 0) is 18.4 Å². The molecule has 1 saturated heterocycles. The van der Waals surface area contributed by atoms with Gasteiger partial charge < -0.3 is 10.3 Å². The molecular weight excluding hydrogens is 358 g/mol. The van der Waals surface area contributed by atoms with Crippen molar-refractivity contribution in [2.24, 2.45) is 4.99 Å². The van der Waals surface area contributed by atoms with Gasteiger partial charge in [-0.05, 0) is 44.0 Å². The molecule has 1 aromatic carbocycles. The normalized spacial score (nSPS) is 24.3. The Morgan fingerprint density at radius 3 is 2.93 bits per heavy atom. The quantitative estimate of drug-likeness (QED) is 0.636. The molecule has 2 atom stereocenters. The first kappa shape index (κ1) is 16.8. The summed E-state index contributed by atoms with van der Waals surface area (Å²) in [4.78, 5) is 7.97. The number of rotatable bonds is 1. The van der Waals surface area contributed by atoms with E-state index in [-0.39, 0.29) is 5.92 Å². The Labute approximate surface area is 170 Å². The highest BCUT2D eigenvalue weighted by Crippen LogP contribution is 2.41. The van der Waals surface area contributed by atoms with Gasteiger partial charge in [0.25, 0.3) is 0 Å². The fourth-order valence-corrected chi connectivity index (χ4v) is 4.99. The molecule has 29 heavy (non-hydrogen) atoms. The van der Waals surface area contributed by atoms with Crippen molar-refractivity contribution in [3.8, 4) is 11.8 Å². The smallest absolute Gasteiger partial charge is 0.134 e. The molecule has 5 heteroatoms. The van der Waals surface area contributed by atoms with E-state index in [2.05, 4.69) is 37.9 Å². The summed E-state index contributed by atoms with van der Waals surface area (Å²) < 4.78 is 2.24. The number of aliphatic imine (C=N–C) groups is 1. The summed E-state index contributed by atoms with van der Waals surface area (Å²) in [6.07, 6.45) is 7.35. The van der Waals surface area contributed by atoms with Crippen LogP contribution >= 0.6 is 0 Å². The van der Waals surface area contributed by atoms with E-state index in [1.807, 2.05) is 42.7 Å². The van der Waals surface area contributed by atoms with Crippen LogP contribution in [0.2, 0.25) is 0 Å². The minimum atomic E-state index is 0.208. The molecule has 1 spiro atoms. The van der Waals surface area contributed by atoms with Gasteiger partial charge in [-0.1, -0.05) is 30.0 Å². The molecule has 1 fully saturated rings. The average Bonchev–Trinajstić information content (AvgIpc) is 3.53. The average molecular weight is 381 g/mol. The molecule has 0 amide bonds. The third-order valence-electron chi connectivity index (χ3n) is 6.66. The van der Waals surface area contributed by atoms with Gasteiger partial charge in [-0.25, -0.2) is 4.99 Å². The summed E-state index contributed by atoms with van der Waals surface area (Å²) in [6.45, 7) is 3.23. The van der Waals surface area contributed by atoms with Crippen LogP contribution in [-0.4, -0.2) is 34.1 Å². The van der Waals surface area contributed by atoms with Crippen molar-refractivity contribution in [3.63, 3.8) is 0 Å². The van der Waals surface area contributed by atoms with Crippen LogP contribution in [0.4, 0.5) is 5.82 Å². The van der Waals surface area contributed by atoms with Crippen LogP contribution in [0.15, 0.2) is 47.6 Å². The zero-order valence-electron chi connectivity index (χ0n) is 16.3. The summed E-state index contributed by atoms with van der Waals surface area (Å²) in [5, 5.41) is 8.51. The van der Waals surface area contributed by atoms with E-state index in [0.717, 1.165) is 48.7 Å². The van der Waals surface area contributed by atoms with Crippen LogP contribution in [0.5, 0.6) is 0 Å². The van der Waals surface area contributed by atoms with Crippen molar-refractivity contribution >= 4 is 12.0 Å². The second kappa shape index (κ2) is 6.47. The van der Waals surface area contributed by atoms with E-state index in [4.69, 9.17) is 5.10 Å². The number of aromatic nitrogens is 3. The highest BCUT2D eigenvalue weighted by Gasteiger charge is 2.43. The van der Waals surface area contributed by atoms with Crippen LogP contribution in [0.1, 0.15) is 46.8 Å². The van der Waals surface area contributed by atoms with Gasteiger partial charge in [0, 0.05) is 59.2 Å². The fourth-order valence-electron chi connectivity index (χ4n) is 4.99. The Morgan fingerprint density at radius 1 is 1.14 bits per heavy atom. The van der Waals surface area contributed by atoms with E-state index in [1.54, 1.807) is 0 Å². The van der Waals surface area contributed by atoms with E-state index < -0.39 is 0 Å². The largest absolute Gasteiger partial charge is 0.345 e. The summed E-state index contributed by atoms with van der Waals surface area (Å²) in [5.74, 6) is 7.74. The zero-order valence-corrected chi connectivity index (χ0v) is 16.3. The van der Waals surface area contributed by atoms with Crippen molar-refractivity contribution in [1.29, 1.82) is 0 Å². The molecule has 6 rings (SSSR count). The number of aryl methyl sites for hydroxylation is 1. The molecule has 0 bridgehead atoms. The van der Waals surface area contributed by atoms with E-state index in [9.17, 15) is 0 Å². The lowest BCUT2D eigenvalue weighted by molar-refractivity contribution is 0.466. The van der Waals surface area contributed by atoms with Crippen LogP contribution in [0, 0.1) is 11.8 Å². The zero-order chi connectivity index (χ0) is 19.3. The number of hydrogen-bond donors (Lipinski definition) is 2. The maximum Gasteiger partial charge on any atom is 0.134 e. The maximum absolute atomic E-state index is 4.97. The second-order valence-corrected chi connectivity index (χ2v) is 8.37. The van der Waals surface area contributed by atoms with E-state index >= 15 is 0 Å². The Kier molecular flexibility index (Phi) is 3.75. The SMILES string of the molecule is C(#Cc1c[nH]c2c1CC(c1cc3n(n1)CCC31CCNC1)C=N2)c1ccccc1. The number of nitrogens with one attached hydrogen (secondary N) is 2. The number of aromatic amines is 1. The first-order valence-corrected chi connectivity index (χ1v) is 10.4. The first-order valence-electron chi connectivity index (χ1n) is 10.4. The molecule has 3 aliphatic rings. The molecule has 2 aromatic heterocycles.